The molecule has 2 rings (SSSR count). The predicted octanol–water partition coefficient (Wildman–Crippen LogP) is 3.25. The highest BCUT2D eigenvalue weighted by atomic mass is 79.9. The zero-order valence-electron chi connectivity index (χ0n) is 9.09. The lowest BCUT2D eigenvalue weighted by molar-refractivity contribution is -0.402. The van der Waals surface area contributed by atoms with Crippen molar-refractivity contribution in [3.8, 4) is 0 Å². The highest BCUT2D eigenvalue weighted by Crippen LogP contribution is 2.23. The maximum absolute atomic E-state index is 11.7. The monoisotopic (exact) mass is 345 g/mol. The van der Waals surface area contributed by atoms with Crippen molar-refractivity contribution in [2.75, 3.05) is 5.32 Å². The first kappa shape index (κ1) is 13.5. The molecular weight excluding hydrogens is 341 g/mol. The van der Waals surface area contributed by atoms with Gasteiger partial charge in [-0.1, -0.05) is 11.6 Å². The topological polar surface area (TPSA) is 98.3 Å². The quantitative estimate of drug-likeness (QED) is 0.522. The van der Waals surface area contributed by atoms with Gasteiger partial charge in [-0.05, 0) is 28.1 Å². The molecule has 0 aliphatic carbocycles. The number of hydrogen-bond acceptors (Lipinski definition) is 5. The van der Waals surface area contributed by atoms with Gasteiger partial charge in [0.15, 0.2) is 5.76 Å². The first-order chi connectivity index (χ1) is 8.97. The second-order valence-corrected chi connectivity index (χ2v) is 4.56. The minimum atomic E-state index is -0.725. The van der Waals surface area contributed by atoms with Gasteiger partial charge in [-0.15, -0.1) is 0 Å². The number of carbonyl (C=O) groups is 1. The number of pyridine rings is 1. The zero-order valence-corrected chi connectivity index (χ0v) is 11.4. The summed E-state index contributed by atoms with van der Waals surface area (Å²) in [5.74, 6) is -1.29. The molecule has 2 aromatic heterocycles. The number of rotatable bonds is 3. The van der Waals surface area contributed by atoms with Crippen LogP contribution in [0.2, 0.25) is 5.15 Å². The molecule has 19 heavy (non-hydrogen) atoms. The predicted molar refractivity (Wildman–Crippen MR) is 70.3 cm³/mol. The summed E-state index contributed by atoms with van der Waals surface area (Å²) in [5, 5.41) is 13.2. The Hall–Kier alpha value is -1.93. The van der Waals surface area contributed by atoms with Crippen LogP contribution in [0.1, 0.15) is 10.6 Å². The zero-order chi connectivity index (χ0) is 14.0. The fraction of sp³-hybridized carbons (Fsp3) is 0. The number of carbonyl (C=O) groups excluding carboxylic acids is 1. The second kappa shape index (κ2) is 5.37. The van der Waals surface area contributed by atoms with Crippen molar-refractivity contribution < 1.29 is 14.1 Å². The van der Waals surface area contributed by atoms with Crippen LogP contribution in [0.25, 0.3) is 0 Å². The van der Waals surface area contributed by atoms with E-state index in [-0.39, 0.29) is 10.9 Å². The van der Waals surface area contributed by atoms with Crippen molar-refractivity contribution in [2.24, 2.45) is 0 Å². The minimum Gasteiger partial charge on any atom is -0.395 e. The van der Waals surface area contributed by atoms with Crippen LogP contribution in [0, 0.1) is 10.1 Å². The molecule has 0 spiro atoms. The Bertz CT molecular complexity index is 658. The summed E-state index contributed by atoms with van der Waals surface area (Å²) < 4.78 is 5.28. The minimum absolute atomic E-state index is 0.169. The van der Waals surface area contributed by atoms with Gasteiger partial charge in [-0.3, -0.25) is 14.9 Å². The molecule has 0 aromatic carbocycles. The van der Waals surface area contributed by atoms with Gasteiger partial charge in [0.05, 0.1) is 22.4 Å². The van der Waals surface area contributed by atoms with Crippen LogP contribution in [0.15, 0.2) is 33.3 Å². The lowest BCUT2D eigenvalue weighted by atomic mass is 10.3. The number of anilines is 1. The average molecular weight is 347 g/mol. The van der Waals surface area contributed by atoms with E-state index in [2.05, 4.69) is 26.2 Å². The molecular formula is C10H5BrClN3O4. The molecule has 0 saturated carbocycles. The largest absolute Gasteiger partial charge is 0.433 e. The average Bonchev–Trinajstić information content (AvgIpc) is 2.83. The van der Waals surface area contributed by atoms with Crippen molar-refractivity contribution in [1.29, 1.82) is 0 Å². The Morgan fingerprint density at radius 2 is 2.26 bits per heavy atom. The molecule has 2 aromatic rings. The third-order valence-electron chi connectivity index (χ3n) is 2.05. The van der Waals surface area contributed by atoms with Crippen LogP contribution in [-0.4, -0.2) is 15.8 Å². The lowest BCUT2D eigenvalue weighted by Gasteiger charge is -2.03. The van der Waals surface area contributed by atoms with Crippen LogP contribution in [0.3, 0.4) is 0 Å². The first-order valence-corrected chi connectivity index (χ1v) is 6.01. The summed E-state index contributed by atoms with van der Waals surface area (Å²) >= 11 is 8.87. The highest BCUT2D eigenvalue weighted by molar-refractivity contribution is 9.10. The van der Waals surface area contributed by atoms with Crippen molar-refractivity contribution in [3.05, 3.63) is 49.9 Å². The Labute approximate surface area is 119 Å². The van der Waals surface area contributed by atoms with Gasteiger partial charge in [-0.2, -0.15) is 0 Å². The van der Waals surface area contributed by atoms with E-state index in [9.17, 15) is 14.9 Å². The fourth-order valence-corrected chi connectivity index (χ4v) is 1.68. The van der Waals surface area contributed by atoms with Crippen molar-refractivity contribution >= 4 is 45.0 Å². The van der Waals surface area contributed by atoms with Crippen LogP contribution in [0.4, 0.5) is 11.6 Å². The van der Waals surface area contributed by atoms with Gasteiger partial charge in [0.25, 0.3) is 5.91 Å². The maximum Gasteiger partial charge on any atom is 0.433 e. The van der Waals surface area contributed by atoms with E-state index in [1.807, 2.05) is 0 Å². The SMILES string of the molecule is O=C(Nc1cnc(Cl)c(Br)c1)c1ccc([N+](=O)[O-])o1. The molecule has 9 heteroatoms. The normalized spacial score (nSPS) is 10.2. The molecule has 0 saturated heterocycles. The van der Waals surface area contributed by atoms with Crippen molar-refractivity contribution in [2.45, 2.75) is 0 Å². The molecule has 2 heterocycles. The first-order valence-electron chi connectivity index (χ1n) is 4.84. The number of amides is 1. The summed E-state index contributed by atoms with van der Waals surface area (Å²) in [4.78, 5) is 25.3. The molecule has 1 N–H and O–H groups in total. The molecule has 0 atom stereocenters. The Morgan fingerprint density at radius 3 is 2.84 bits per heavy atom. The number of hydrogen-bond donors (Lipinski definition) is 1. The fourth-order valence-electron chi connectivity index (χ4n) is 1.23. The van der Waals surface area contributed by atoms with E-state index in [4.69, 9.17) is 16.0 Å². The molecule has 0 fully saturated rings. The van der Waals surface area contributed by atoms with Crippen LogP contribution in [0.5, 0.6) is 0 Å². The molecule has 0 bridgehead atoms. The van der Waals surface area contributed by atoms with Gasteiger partial charge in [0, 0.05) is 0 Å². The highest BCUT2D eigenvalue weighted by Gasteiger charge is 2.17. The van der Waals surface area contributed by atoms with Crippen molar-refractivity contribution in [1.82, 2.24) is 4.98 Å². The molecule has 1 amide bonds. The molecule has 0 radical (unpaired) electrons. The standard InChI is InChI=1S/C10H5BrClN3O4/c11-6-3-5(4-13-9(6)12)14-10(16)7-1-2-8(19-7)15(17)18/h1-4H,(H,14,16). The number of nitrogens with one attached hydrogen (secondary N) is 1. The van der Waals surface area contributed by atoms with Crippen LogP contribution >= 0.6 is 27.5 Å². The Balaban J connectivity index is 2.15. The second-order valence-electron chi connectivity index (χ2n) is 3.35. The molecule has 0 aliphatic rings. The summed E-state index contributed by atoms with van der Waals surface area (Å²) in [6.07, 6.45) is 1.35. The van der Waals surface area contributed by atoms with Gasteiger partial charge >= 0.3 is 5.88 Å². The van der Waals surface area contributed by atoms with E-state index in [0.717, 1.165) is 6.07 Å². The number of furan rings is 1. The number of aromatic nitrogens is 1. The molecule has 7 nitrogen and oxygen atoms in total. The van der Waals surface area contributed by atoms with E-state index in [1.165, 1.54) is 12.3 Å². The van der Waals surface area contributed by atoms with Gasteiger partial charge in [0.2, 0.25) is 0 Å². The van der Waals surface area contributed by atoms with Gasteiger partial charge in [0.1, 0.15) is 10.1 Å². The van der Waals surface area contributed by atoms with E-state index in [0.29, 0.717) is 10.2 Å². The maximum atomic E-state index is 11.7. The van der Waals surface area contributed by atoms with E-state index < -0.39 is 16.7 Å². The lowest BCUT2D eigenvalue weighted by Crippen LogP contribution is -2.11. The van der Waals surface area contributed by atoms with Gasteiger partial charge < -0.3 is 9.73 Å². The van der Waals surface area contributed by atoms with E-state index in [1.54, 1.807) is 6.07 Å². The smallest absolute Gasteiger partial charge is 0.395 e. The number of halogens is 2. The number of nitro groups is 1. The summed E-state index contributed by atoms with van der Waals surface area (Å²) in [5.41, 5.74) is 0.375. The summed E-state index contributed by atoms with van der Waals surface area (Å²) in [7, 11) is 0. The van der Waals surface area contributed by atoms with Crippen LogP contribution in [-0.2, 0) is 0 Å². The Kier molecular flexibility index (Phi) is 3.82. The number of nitrogens with zero attached hydrogens (tertiary/aromatic N) is 2. The molecule has 0 aliphatic heterocycles. The summed E-state index contributed by atoms with van der Waals surface area (Å²) in [6, 6.07) is 3.86. The van der Waals surface area contributed by atoms with Crippen LogP contribution < -0.4 is 5.32 Å². The van der Waals surface area contributed by atoms with Crippen molar-refractivity contribution in [3.63, 3.8) is 0 Å². The molecule has 0 unspecified atom stereocenters. The molecule has 98 valence electrons. The third kappa shape index (κ3) is 3.09. The van der Waals surface area contributed by atoms with Gasteiger partial charge in [-0.25, -0.2) is 4.98 Å². The Morgan fingerprint density at radius 1 is 1.53 bits per heavy atom. The third-order valence-corrected chi connectivity index (χ3v) is 3.18. The summed E-state index contributed by atoms with van der Waals surface area (Å²) in [6.45, 7) is 0. The van der Waals surface area contributed by atoms with E-state index >= 15 is 0 Å².